The van der Waals surface area contributed by atoms with Crippen molar-refractivity contribution in [3.05, 3.63) is 94.0 Å². The molecule has 0 fully saturated rings. The maximum Gasteiger partial charge on any atom is 0.297 e. The summed E-state index contributed by atoms with van der Waals surface area (Å²) in [4.78, 5) is 34.6. The van der Waals surface area contributed by atoms with Crippen LogP contribution < -0.4 is 10.9 Å². The minimum atomic E-state index is -0.515. The van der Waals surface area contributed by atoms with Gasteiger partial charge in [0.05, 0.1) is 6.33 Å². The van der Waals surface area contributed by atoms with Crippen molar-refractivity contribution in [3.63, 3.8) is 0 Å². The number of rotatable bonds is 5. The van der Waals surface area contributed by atoms with E-state index in [1.807, 2.05) is 41.9 Å². The molecule has 5 rings (SSSR count). The van der Waals surface area contributed by atoms with E-state index in [9.17, 15) is 9.59 Å². The Morgan fingerprint density at radius 1 is 1.16 bits per heavy atom. The summed E-state index contributed by atoms with van der Waals surface area (Å²) in [6, 6.07) is 13.9. The summed E-state index contributed by atoms with van der Waals surface area (Å²) in [7, 11) is 1.85. The van der Waals surface area contributed by atoms with Crippen molar-refractivity contribution < 1.29 is 9.21 Å². The van der Waals surface area contributed by atoms with Crippen molar-refractivity contribution in [2.24, 2.45) is 7.05 Å². The van der Waals surface area contributed by atoms with Crippen LogP contribution in [0.4, 0.5) is 0 Å². The number of imidazole rings is 1. The lowest BCUT2D eigenvalue weighted by Gasteiger charge is -2.19. The van der Waals surface area contributed by atoms with E-state index in [1.54, 1.807) is 30.6 Å². The van der Waals surface area contributed by atoms with Gasteiger partial charge in [0.15, 0.2) is 0 Å². The molecule has 3 heterocycles. The smallest absolute Gasteiger partial charge is 0.297 e. The van der Waals surface area contributed by atoms with Crippen LogP contribution in [0.2, 0.25) is 5.02 Å². The molecule has 3 aromatic heterocycles. The zero-order chi connectivity index (χ0) is 22.2. The number of furan rings is 1. The molecule has 0 saturated carbocycles. The van der Waals surface area contributed by atoms with Gasteiger partial charge in [0.2, 0.25) is 11.5 Å². The summed E-state index contributed by atoms with van der Waals surface area (Å²) in [5, 5.41) is 4.31. The molecule has 160 valence electrons. The zero-order valence-electron chi connectivity index (χ0n) is 17.0. The van der Waals surface area contributed by atoms with Gasteiger partial charge in [-0.2, -0.15) is 0 Å². The van der Waals surface area contributed by atoms with E-state index in [2.05, 4.69) is 15.3 Å². The number of hydrogen-bond donors (Lipinski definition) is 1. The average Bonchev–Trinajstić information content (AvgIpc) is 3.38. The fourth-order valence-corrected chi connectivity index (χ4v) is 3.82. The first-order valence-electron chi connectivity index (χ1n) is 9.90. The number of nitrogens with zero attached hydrogens (tertiary/aromatic N) is 4. The van der Waals surface area contributed by atoms with Gasteiger partial charge in [-0.25, -0.2) is 9.97 Å². The monoisotopic (exact) mass is 447 g/mol. The lowest BCUT2D eigenvalue weighted by Crippen LogP contribution is -2.36. The van der Waals surface area contributed by atoms with Crippen LogP contribution >= 0.6 is 11.6 Å². The van der Waals surface area contributed by atoms with Gasteiger partial charge in [0, 0.05) is 29.9 Å². The predicted octanol–water partition coefficient (Wildman–Crippen LogP) is 3.44. The Hall–Kier alpha value is -3.91. The fourth-order valence-electron chi connectivity index (χ4n) is 3.70. The Kier molecular flexibility index (Phi) is 4.99. The Labute approximate surface area is 187 Å². The molecule has 0 spiro atoms. The van der Waals surface area contributed by atoms with E-state index in [4.69, 9.17) is 16.0 Å². The number of nitrogens with one attached hydrogen (secondary N) is 1. The van der Waals surface area contributed by atoms with E-state index in [0.717, 1.165) is 10.9 Å². The highest BCUT2D eigenvalue weighted by Crippen LogP contribution is 2.24. The van der Waals surface area contributed by atoms with Crippen LogP contribution in [0.1, 0.15) is 17.4 Å². The fraction of sp³-hybridized carbons (Fsp3) is 0.130. The van der Waals surface area contributed by atoms with Crippen LogP contribution in [-0.2, 0) is 18.4 Å². The number of carbonyl (C=O) groups is 1. The highest BCUT2D eigenvalue weighted by molar-refractivity contribution is 6.30. The number of fused-ring (bicyclic) bond motifs is 3. The molecule has 1 unspecified atom stereocenters. The third-order valence-electron chi connectivity index (χ3n) is 5.29. The highest BCUT2D eigenvalue weighted by Gasteiger charge is 2.22. The Morgan fingerprint density at radius 2 is 1.94 bits per heavy atom. The zero-order valence-corrected chi connectivity index (χ0v) is 17.8. The summed E-state index contributed by atoms with van der Waals surface area (Å²) in [6.07, 6.45) is 4.83. The third kappa shape index (κ3) is 3.54. The van der Waals surface area contributed by atoms with E-state index in [-0.39, 0.29) is 18.0 Å². The minimum Gasteiger partial charge on any atom is -0.448 e. The van der Waals surface area contributed by atoms with Crippen molar-refractivity contribution in [1.29, 1.82) is 0 Å². The van der Waals surface area contributed by atoms with Gasteiger partial charge in [0.25, 0.3) is 5.56 Å². The largest absolute Gasteiger partial charge is 0.448 e. The van der Waals surface area contributed by atoms with E-state index >= 15 is 0 Å². The topological polar surface area (TPSA) is 95.0 Å². The standard InChI is InChI=1S/C23H18ClN5O3/c1-28-11-10-25-22(28)19(14-6-8-15(24)9-7-14)27-18(30)12-29-13-26-20-16-4-2-3-5-17(16)32-21(20)23(29)31/h2-11,13,19H,12H2,1H3,(H,27,30). The van der Waals surface area contributed by atoms with E-state index in [1.165, 1.54) is 10.9 Å². The molecule has 0 radical (unpaired) electrons. The summed E-state index contributed by atoms with van der Waals surface area (Å²) in [5.74, 6) is 0.284. The van der Waals surface area contributed by atoms with Gasteiger partial charge in [-0.05, 0) is 29.8 Å². The lowest BCUT2D eigenvalue weighted by molar-refractivity contribution is -0.122. The number of benzene rings is 2. The number of halogens is 1. The molecule has 0 aliphatic rings. The molecule has 32 heavy (non-hydrogen) atoms. The minimum absolute atomic E-state index is 0.125. The molecule has 1 atom stereocenters. The van der Waals surface area contributed by atoms with Crippen LogP contribution in [0.5, 0.6) is 0 Å². The Bertz CT molecular complexity index is 1500. The lowest BCUT2D eigenvalue weighted by atomic mass is 10.1. The van der Waals surface area contributed by atoms with E-state index < -0.39 is 11.6 Å². The molecular formula is C23H18ClN5O3. The molecule has 0 saturated heterocycles. The molecule has 5 aromatic rings. The molecule has 2 aromatic carbocycles. The highest BCUT2D eigenvalue weighted by atomic mass is 35.5. The number of aromatic nitrogens is 4. The Morgan fingerprint density at radius 3 is 2.69 bits per heavy atom. The van der Waals surface area contributed by atoms with E-state index in [0.29, 0.717) is 21.9 Å². The second kappa shape index (κ2) is 7.97. The molecule has 9 heteroatoms. The maximum absolute atomic E-state index is 12.9. The quantitative estimate of drug-likeness (QED) is 0.445. The average molecular weight is 448 g/mol. The summed E-state index contributed by atoms with van der Waals surface area (Å²) in [5.41, 5.74) is 1.58. The van der Waals surface area contributed by atoms with Gasteiger partial charge in [0.1, 0.15) is 29.5 Å². The molecule has 1 N–H and O–H groups in total. The first-order chi connectivity index (χ1) is 15.5. The normalized spacial score (nSPS) is 12.3. The molecule has 0 aliphatic heterocycles. The second-order valence-corrected chi connectivity index (χ2v) is 7.84. The van der Waals surface area contributed by atoms with Crippen molar-refractivity contribution in [3.8, 4) is 0 Å². The number of hydrogen-bond acceptors (Lipinski definition) is 5. The van der Waals surface area contributed by atoms with Crippen molar-refractivity contribution in [1.82, 2.24) is 24.4 Å². The van der Waals surface area contributed by atoms with Gasteiger partial charge < -0.3 is 14.3 Å². The first kappa shape index (κ1) is 20.0. The van der Waals surface area contributed by atoms with Crippen LogP contribution in [0.25, 0.3) is 22.1 Å². The number of carbonyl (C=O) groups excluding carboxylic acids is 1. The van der Waals surface area contributed by atoms with Crippen LogP contribution in [0.3, 0.4) is 0 Å². The first-order valence-corrected chi connectivity index (χ1v) is 10.3. The maximum atomic E-state index is 12.9. The van der Waals surface area contributed by atoms with Gasteiger partial charge >= 0.3 is 0 Å². The second-order valence-electron chi connectivity index (χ2n) is 7.40. The van der Waals surface area contributed by atoms with Crippen molar-refractivity contribution >= 4 is 39.6 Å². The van der Waals surface area contributed by atoms with Crippen LogP contribution in [-0.4, -0.2) is 25.0 Å². The van der Waals surface area contributed by atoms with Crippen molar-refractivity contribution in [2.45, 2.75) is 12.6 Å². The van der Waals surface area contributed by atoms with Gasteiger partial charge in [-0.1, -0.05) is 35.9 Å². The number of aryl methyl sites for hydroxylation is 1. The molecular weight excluding hydrogens is 430 g/mol. The molecule has 0 aliphatic carbocycles. The van der Waals surface area contributed by atoms with Crippen LogP contribution in [0.15, 0.2) is 76.5 Å². The molecule has 1 amide bonds. The summed E-state index contributed by atoms with van der Waals surface area (Å²) >= 11 is 6.02. The van der Waals surface area contributed by atoms with Crippen LogP contribution in [0, 0.1) is 0 Å². The van der Waals surface area contributed by atoms with Gasteiger partial charge in [-0.3, -0.25) is 14.2 Å². The predicted molar refractivity (Wildman–Crippen MR) is 120 cm³/mol. The number of para-hydroxylation sites is 1. The summed E-state index contributed by atoms with van der Waals surface area (Å²) < 4.78 is 8.75. The molecule has 0 bridgehead atoms. The van der Waals surface area contributed by atoms with Gasteiger partial charge in [-0.15, -0.1) is 0 Å². The Balaban J connectivity index is 1.45. The summed E-state index contributed by atoms with van der Waals surface area (Å²) in [6.45, 7) is -0.215. The SMILES string of the molecule is Cn1ccnc1C(NC(=O)Cn1cnc2c(oc3ccccc32)c1=O)c1ccc(Cl)cc1. The third-order valence-corrected chi connectivity index (χ3v) is 5.54. The molecule has 8 nitrogen and oxygen atoms in total. The van der Waals surface area contributed by atoms with Crippen molar-refractivity contribution in [2.75, 3.05) is 0 Å². The number of amides is 1.